The highest BCUT2D eigenvalue weighted by Crippen LogP contribution is 2.11. The standard InChI is InChI=1S/C16H22N2O4/c1-11-9-18(10-12(2)22-11)16(21)17-14(15(19)20)8-13-6-4-3-5-7-13/h3-7,11-12,14H,8-10H2,1-2H3,(H,17,21)(H,19,20)/p-1/t11-,12-,14-/m0/s1. The lowest BCUT2D eigenvalue weighted by atomic mass is 10.1. The van der Waals surface area contributed by atoms with Crippen LogP contribution in [0.2, 0.25) is 0 Å². The molecule has 2 rings (SSSR count). The van der Waals surface area contributed by atoms with Crippen molar-refractivity contribution in [2.75, 3.05) is 13.1 Å². The van der Waals surface area contributed by atoms with Crippen LogP contribution in [0.3, 0.4) is 0 Å². The molecule has 1 heterocycles. The molecular formula is C16H21N2O4-. The Morgan fingerprint density at radius 2 is 1.86 bits per heavy atom. The minimum Gasteiger partial charge on any atom is -0.548 e. The van der Waals surface area contributed by atoms with Gasteiger partial charge in [0.05, 0.1) is 24.2 Å². The Kier molecular flexibility index (Phi) is 5.38. The van der Waals surface area contributed by atoms with Crippen LogP contribution in [-0.2, 0) is 16.0 Å². The van der Waals surface area contributed by atoms with E-state index in [9.17, 15) is 14.7 Å². The summed E-state index contributed by atoms with van der Waals surface area (Å²) in [5, 5.41) is 13.8. The Hall–Kier alpha value is -2.08. The van der Waals surface area contributed by atoms with Crippen molar-refractivity contribution in [1.29, 1.82) is 0 Å². The molecule has 1 aromatic carbocycles. The van der Waals surface area contributed by atoms with Crippen LogP contribution >= 0.6 is 0 Å². The number of amides is 2. The Morgan fingerprint density at radius 3 is 2.41 bits per heavy atom. The van der Waals surface area contributed by atoms with E-state index < -0.39 is 18.0 Å². The van der Waals surface area contributed by atoms with Gasteiger partial charge in [0.15, 0.2) is 0 Å². The third-order valence-electron chi connectivity index (χ3n) is 3.57. The predicted molar refractivity (Wildman–Crippen MR) is 79.1 cm³/mol. The number of carboxylic acid groups (broad SMARTS) is 1. The zero-order chi connectivity index (χ0) is 16.1. The molecule has 1 aromatic rings. The highest BCUT2D eigenvalue weighted by atomic mass is 16.5. The summed E-state index contributed by atoms with van der Waals surface area (Å²) in [4.78, 5) is 25.1. The lowest BCUT2D eigenvalue weighted by Gasteiger charge is -2.36. The van der Waals surface area contributed by atoms with Crippen LogP contribution in [0.4, 0.5) is 4.79 Å². The van der Waals surface area contributed by atoms with E-state index in [0.29, 0.717) is 13.1 Å². The molecule has 0 aromatic heterocycles. The average molecular weight is 305 g/mol. The lowest BCUT2D eigenvalue weighted by molar-refractivity contribution is -0.308. The van der Waals surface area contributed by atoms with Crippen molar-refractivity contribution in [2.24, 2.45) is 0 Å². The minimum absolute atomic E-state index is 0.0648. The van der Waals surface area contributed by atoms with E-state index in [2.05, 4.69) is 5.32 Å². The van der Waals surface area contributed by atoms with Gasteiger partial charge in [-0.25, -0.2) is 4.79 Å². The summed E-state index contributed by atoms with van der Waals surface area (Å²) in [6, 6.07) is 7.70. The Morgan fingerprint density at radius 1 is 1.27 bits per heavy atom. The Balaban J connectivity index is 1.98. The van der Waals surface area contributed by atoms with E-state index in [-0.39, 0.29) is 18.6 Å². The summed E-state index contributed by atoms with van der Waals surface area (Å²) in [6.07, 6.45) is 0.0692. The maximum atomic E-state index is 12.3. The van der Waals surface area contributed by atoms with Crippen LogP contribution in [0, 0.1) is 0 Å². The summed E-state index contributed by atoms with van der Waals surface area (Å²) >= 11 is 0. The number of nitrogens with one attached hydrogen (secondary N) is 1. The SMILES string of the molecule is C[C@H]1CN(C(=O)N[C@@H](Cc2ccccc2)C(=O)[O-])C[C@H](C)O1. The van der Waals surface area contributed by atoms with Crippen molar-refractivity contribution in [3.05, 3.63) is 35.9 Å². The van der Waals surface area contributed by atoms with E-state index >= 15 is 0 Å². The van der Waals surface area contributed by atoms with E-state index in [1.165, 1.54) is 0 Å². The quantitative estimate of drug-likeness (QED) is 0.859. The van der Waals surface area contributed by atoms with Gasteiger partial charge in [-0.15, -0.1) is 0 Å². The topological polar surface area (TPSA) is 81.7 Å². The van der Waals surface area contributed by atoms with Crippen LogP contribution in [-0.4, -0.2) is 48.2 Å². The highest BCUT2D eigenvalue weighted by Gasteiger charge is 2.27. The molecule has 3 atom stereocenters. The Labute approximate surface area is 130 Å². The molecule has 2 amide bonds. The van der Waals surface area contributed by atoms with Crippen LogP contribution in [0.15, 0.2) is 30.3 Å². The first-order chi connectivity index (χ1) is 10.5. The van der Waals surface area contributed by atoms with Gasteiger partial charge in [0.25, 0.3) is 0 Å². The molecule has 6 heteroatoms. The minimum atomic E-state index is -1.29. The second kappa shape index (κ2) is 7.26. The van der Waals surface area contributed by atoms with Gasteiger partial charge in [0.2, 0.25) is 0 Å². The molecule has 120 valence electrons. The summed E-state index contributed by atoms with van der Waals surface area (Å²) in [6.45, 7) is 4.66. The van der Waals surface area contributed by atoms with Crippen molar-refractivity contribution in [1.82, 2.24) is 10.2 Å². The van der Waals surface area contributed by atoms with Crippen LogP contribution in [0.1, 0.15) is 19.4 Å². The molecule has 0 radical (unpaired) electrons. The first-order valence-corrected chi connectivity index (χ1v) is 7.41. The number of urea groups is 1. The monoisotopic (exact) mass is 305 g/mol. The molecule has 6 nitrogen and oxygen atoms in total. The zero-order valence-electron chi connectivity index (χ0n) is 12.8. The number of hydrogen-bond donors (Lipinski definition) is 1. The molecule has 22 heavy (non-hydrogen) atoms. The molecular weight excluding hydrogens is 284 g/mol. The van der Waals surface area contributed by atoms with Crippen LogP contribution < -0.4 is 10.4 Å². The number of carbonyl (C=O) groups excluding carboxylic acids is 2. The number of morpholine rings is 1. The number of ether oxygens (including phenoxy) is 1. The first-order valence-electron chi connectivity index (χ1n) is 7.41. The van der Waals surface area contributed by atoms with Crippen molar-refractivity contribution < 1.29 is 19.4 Å². The third kappa shape index (κ3) is 4.46. The maximum Gasteiger partial charge on any atom is 0.318 e. The molecule has 0 unspecified atom stereocenters. The number of carbonyl (C=O) groups is 2. The first kappa shape index (κ1) is 16.3. The second-order valence-electron chi connectivity index (χ2n) is 5.67. The van der Waals surface area contributed by atoms with Crippen molar-refractivity contribution in [3.8, 4) is 0 Å². The van der Waals surface area contributed by atoms with E-state index in [4.69, 9.17) is 4.74 Å². The highest BCUT2D eigenvalue weighted by molar-refractivity contribution is 5.82. The molecule has 0 saturated carbocycles. The van der Waals surface area contributed by atoms with Crippen LogP contribution in [0.25, 0.3) is 0 Å². The third-order valence-corrected chi connectivity index (χ3v) is 3.57. The molecule has 0 spiro atoms. The molecule has 1 aliphatic heterocycles. The van der Waals surface area contributed by atoms with Gasteiger partial charge in [-0.05, 0) is 25.8 Å². The normalized spacial score (nSPS) is 22.9. The summed E-state index contributed by atoms with van der Waals surface area (Å²) in [5.74, 6) is -1.29. The largest absolute Gasteiger partial charge is 0.548 e. The molecule has 1 aliphatic rings. The van der Waals surface area contributed by atoms with E-state index in [0.717, 1.165) is 5.56 Å². The van der Waals surface area contributed by atoms with Gasteiger partial charge in [-0.2, -0.15) is 0 Å². The predicted octanol–water partition coefficient (Wildman–Crippen LogP) is 0.166. The summed E-state index contributed by atoms with van der Waals surface area (Å²) in [5.41, 5.74) is 0.834. The number of hydrogen-bond acceptors (Lipinski definition) is 4. The van der Waals surface area contributed by atoms with Gasteiger partial charge >= 0.3 is 6.03 Å². The van der Waals surface area contributed by atoms with E-state index in [1.54, 1.807) is 4.90 Å². The smallest absolute Gasteiger partial charge is 0.318 e. The number of rotatable bonds is 4. The summed E-state index contributed by atoms with van der Waals surface area (Å²) < 4.78 is 5.56. The van der Waals surface area contributed by atoms with Crippen molar-refractivity contribution in [3.63, 3.8) is 0 Å². The van der Waals surface area contributed by atoms with Crippen LogP contribution in [0.5, 0.6) is 0 Å². The summed E-state index contributed by atoms with van der Waals surface area (Å²) in [7, 11) is 0. The fourth-order valence-electron chi connectivity index (χ4n) is 2.63. The lowest BCUT2D eigenvalue weighted by Crippen LogP contribution is -2.57. The zero-order valence-corrected chi connectivity index (χ0v) is 12.8. The van der Waals surface area contributed by atoms with Gasteiger partial charge in [0, 0.05) is 13.1 Å². The number of benzene rings is 1. The number of aliphatic carboxylic acids is 1. The second-order valence-corrected chi connectivity index (χ2v) is 5.67. The number of carboxylic acids is 1. The average Bonchev–Trinajstić information content (AvgIpc) is 2.46. The maximum absolute atomic E-state index is 12.3. The van der Waals surface area contributed by atoms with Crippen molar-refractivity contribution in [2.45, 2.75) is 38.5 Å². The fraction of sp³-hybridized carbons (Fsp3) is 0.500. The van der Waals surface area contributed by atoms with Crippen molar-refractivity contribution >= 4 is 12.0 Å². The molecule has 1 saturated heterocycles. The van der Waals surface area contributed by atoms with Gasteiger partial charge < -0.3 is 24.9 Å². The van der Waals surface area contributed by atoms with E-state index in [1.807, 2.05) is 44.2 Å². The molecule has 1 fully saturated rings. The van der Waals surface area contributed by atoms with Gasteiger partial charge in [0.1, 0.15) is 0 Å². The number of nitrogens with zero attached hydrogens (tertiary/aromatic N) is 1. The van der Waals surface area contributed by atoms with Gasteiger partial charge in [-0.3, -0.25) is 0 Å². The van der Waals surface area contributed by atoms with Gasteiger partial charge in [-0.1, -0.05) is 30.3 Å². The Bertz CT molecular complexity index is 510. The molecule has 0 aliphatic carbocycles. The molecule has 0 bridgehead atoms. The molecule has 1 N–H and O–H groups in total. The fourth-order valence-corrected chi connectivity index (χ4v) is 2.63.